The summed E-state index contributed by atoms with van der Waals surface area (Å²) >= 11 is 0. The number of fused-ring (bicyclic) bond motifs is 2. The number of aliphatic imine (C=N–C) groups is 1. The van der Waals surface area contributed by atoms with Crippen molar-refractivity contribution in [1.82, 2.24) is 35.1 Å². The summed E-state index contributed by atoms with van der Waals surface area (Å²) in [5, 5.41) is 2.57. The van der Waals surface area contributed by atoms with Gasteiger partial charge in [-0.15, -0.1) is 0 Å². The summed E-state index contributed by atoms with van der Waals surface area (Å²) < 4.78 is 96.8. The normalized spacial score (nSPS) is 21.5. The van der Waals surface area contributed by atoms with E-state index in [1.807, 2.05) is 0 Å². The van der Waals surface area contributed by atoms with Crippen LogP contribution in [-0.2, 0) is 28.6 Å². The molecule has 4 aliphatic heterocycles. The van der Waals surface area contributed by atoms with E-state index in [9.17, 15) is 23.6 Å². The lowest BCUT2D eigenvalue weighted by atomic mass is 9.89. The number of carbonyl (C=O) groups is 3. The van der Waals surface area contributed by atoms with Gasteiger partial charge in [0.15, 0.2) is 17.7 Å². The number of piperidine rings is 1. The topological polar surface area (TPSA) is 191 Å². The van der Waals surface area contributed by atoms with Crippen LogP contribution in [0.3, 0.4) is 0 Å². The van der Waals surface area contributed by atoms with Crippen LogP contribution in [0.2, 0.25) is 0 Å². The fourth-order valence-corrected chi connectivity index (χ4v) is 12.1. The number of aromatic amines is 2. The zero-order chi connectivity index (χ0) is 55.1. The van der Waals surface area contributed by atoms with Gasteiger partial charge in [0.25, 0.3) is 5.91 Å². The lowest BCUT2D eigenvalue weighted by molar-refractivity contribution is -0.138. The number of benzene rings is 4. The lowest BCUT2D eigenvalue weighted by Crippen LogP contribution is -2.54. The van der Waals surface area contributed by atoms with Crippen molar-refractivity contribution in [2.45, 2.75) is 120 Å². The van der Waals surface area contributed by atoms with Crippen LogP contribution in [0.15, 0.2) is 65.7 Å². The highest BCUT2D eigenvalue weighted by Crippen LogP contribution is 2.50. The number of aromatic nitrogens is 4. The van der Waals surface area contributed by atoms with E-state index in [1.54, 1.807) is 57.7 Å². The highest BCUT2D eigenvalue weighted by Gasteiger charge is 2.43. The van der Waals surface area contributed by atoms with Gasteiger partial charge in [0, 0.05) is 69.3 Å². The molecule has 17 nitrogen and oxygen atoms in total. The van der Waals surface area contributed by atoms with Gasteiger partial charge in [-0.1, -0.05) is 12.1 Å². The quantitative estimate of drug-likeness (QED) is 0.0505. The standard InChI is InChI=1S/C56H61F5N10O7/c1-29(76-3)49(62-28-72)54(73)69-18-6-8-47(69)52-63-41-24-35(37(58)26-43(41)65-52)45-14-15-46(71(45)34-22-39(60)51(40(61)23-34)68-20-16-32(17-21-68)31-10-12-33(57)13-11-31)36-25-42-44(27-38(36)59)66-53(64-42)48-9-7-19-70(48)55(74)50(30(2)77-4)67-56(75)78-5/h10-13,22-27,29-30,32,45-50H,6-9,14-21H2,1-5H3,(H,63,65)(H,64,66)(H,67,75)/t29-,30-,45-,46-,47+,48+,49+,50?/m1/s1. The number of carbonyl (C=O) groups excluding carboxylic acids is 4. The fraction of sp³-hybridized carbons (Fsp3) is 0.464. The first-order valence-electron chi connectivity index (χ1n) is 26.3. The molecule has 0 saturated carbocycles. The van der Waals surface area contributed by atoms with E-state index in [0.717, 1.165) is 5.56 Å². The predicted molar refractivity (Wildman–Crippen MR) is 278 cm³/mol. The molecule has 10 rings (SSSR count). The zero-order valence-electron chi connectivity index (χ0n) is 43.8. The van der Waals surface area contributed by atoms with Gasteiger partial charge in [0.2, 0.25) is 12.0 Å². The van der Waals surface area contributed by atoms with E-state index in [4.69, 9.17) is 24.2 Å². The summed E-state index contributed by atoms with van der Waals surface area (Å²) in [6.07, 6.45) is 3.11. The number of halogens is 5. The van der Waals surface area contributed by atoms with E-state index in [1.165, 1.54) is 63.8 Å². The Balaban J connectivity index is 0.997. The lowest BCUT2D eigenvalue weighted by Gasteiger charge is -2.36. The average Bonchev–Trinajstić information content (AvgIpc) is 4.49. The number of imidazole rings is 2. The number of isocyanates is 1. The number of hydrogen-bond acceptors (Lipinski definition) is 12. The predicted octanol–water partition coefficient (Wildman–Crippen LogP) is 9.43. The Kier molecular flexibility index (Phi) is 15.6. The van der Waals surface area contributed by atoms with E-state index in [0.29, 0.717) is 87.4 Å². The Hall–Kier alpha value is -7.42. The van der Waals surface area contributed by atoms with Gasteiger partial charge in [0.05, 0.1) is 65.6 Å². The second kappa shape index (κ2) is 22.5. The van der Waals surface area contributed by atoms with Crippen molar-refractivity contribution < 1.29 is 55.3 Å². The molecule has 4 saturated heterocycles. The van der Waals surface area contributed by atoms with E-state index >= 15 is 17.6 Å². The van der Waals surface area contributed by atoms with Gasteiger partial charge >= 0.3 is 6.09 Å². The van der Waals surface area contributed by atoms with Crippen LogP contribution in [0.25, 0.3) is 22.1 Å². The molecule has 4 fully saturated rings. The van der Waals surface area contributed by atoms with Crippen LogP contribution in [0.4, 0.5) is 38.1 Å². The van der Waals surface area contributed by atoms with E-state index in [2.05, 4.69) is 20.3 Å². The van der Waals surface area contributed by atoms with Gasteiger partial charge in [-0.25, -0.2) is 41.5 Å². The van der Waals surface area contributed by atoms with E-state index < -0.39 is 89.6 Å². The Morgan fingerprint density at radius 3 is 1.69 bits per heavy atom. The summed E-state index contributed by atoms with van der Waals surface area (Å²) in [5.74, 6) is -3.41. The minimum atomic E-state index is -1.14. The molecule has 0 bridgehead atoms. The van der Waals surface area contributed by atoms with Crippen molar-refractivity contribution in [3.05, 3.63) is 118 Å². The van der Waals surface area contributed by atoms with Gasteiger partial charge in [0.1, 0.15) is 40.8 Å². The molecule has 3 amide bonds. The number of ether oxygens (including phenoxy) is 3. The maximum Gasteiger partial charge on any atom is 0.407 e. The Labute approximate surface area is 446 Å². The molecule has 412 valence electrons. The van der Waals surface area contributed by atoms with Crippen molar-refractivity contribution in [1.29, 1.82) is 0 Å². The number of hydrogen-bond donors (Lipinski definition) is 3. The molecule has 0 aliphatic carbocycles. The molecule has 2 aromatic heterocycles. The number of alkyl carbamates (subject to hydrolysis) is 1. The first-order valence-corrected chi connectivity index (χ1v) is 26.3. The van der Waals surface area contributed by atoms with Crippen LogP contribution < -0.4 is 15.1 Å². The molecule has 22 heteroatoms. The van der Waals surface area contributed by atoms with Crippen molar-refractivity contribution in [2.24, 2.45) is 4.99 Å². The molecule has 4 aliphatic rings. The molecular weight excluding hydrogens is 1020 g/mol. The number of amides is 3. The van der Waals surface area contributed by atoms with Crippen LogP contribution in [0.1, 0.15) is 124 Å². The summed E-state index contributed by atoms with van der Waals surface area (Å²) in [4.78, 5) is 77.7. The minimum absolute atomic E-state index is 0.0514. The van der Waals surface area contributed by atoms with Gasteiger partial charge < -0.3 is 49.1 Å². The van der Waals surface area contributed by atoms with Gasteiger partial charge in [-0.3, -0.25) is 9.59 Å². The van der Waals surface area contributed by atoms with Gasteiger partial charge in [-0.2, -0.15) is 4.99 Å². The largest absolute Gasteiger partial charge is 0.453 e. The highest BCUT2D eigenvalue weighted by atomic mass is 19.1. The second-order valence-corrected chi connectivity index (χ2v) is 20.7. The molecule has 1 unspecified atom stereocenters. The summed E-state index contributed by atoms with van der Waals surface area (Å²) in [6, 6.07) is 9.26. The molecule has 0 spiro atoms. The van der Waals surface area contributed by atoms with Crippen LogP contribution in [0.5, 0.6) is 0 Å². The third kappa shape index (κ3) is 10.3. The first-order chi connectivity index (χ1) is 37.6. The maximum atomic E-state index is 17.0. The average molecular weight is 1080 g/mol. The minimum Gasteiger partial charge on any atom is -0.453 e. The van der Waals surface area contributed by atoms with Crippen molar-refractivity contribution in [3.63, 3.8) is 0 Å². The third-order valence-electron chi connectivity index (χ3n) is 16.3. The number of H-pyrrole nitrogens is 2. The van der Waals surface area contributed by atoms with Gasteiger partial charge in [-0.05, 0) is 113 Å². The first kappa shape index (κ1) is 54.0. The highest BCUT2D eigenvalue weighted by molar-refractivity contribution is 5.87. The molecule has 3 N–H and O–H groups in total. The molecule has 4 aromatic carbocycles. The molecule has 8 atom stereocenters. The number of nitrogens with zero attached hydrogens (tertiary/aromatic N) is 7. The Morgan fingerprint density at radius 2 is 1.19 bits per heavy atom. The van der Waals surface area contributed by atoms with Crippen molar-refractivity contribution in [3.8, 4) is 0 Å². The summed E-state index contributed by atoms with van der Waals surface area (Å²) in [6.45, 7) is 4.63. The SMILES string of the molecule is COC(=O)NC(C(=O)N1CCC[C@H]1c1nc2cc(F)c([C@H]3CC[C@H](c4cc5[nH]c([C@@H]6CCCN6C(=O)[C@@H](N=C=O)[C@@H](C)OC)nc5cc4F)N3c3cc(F)c(N4CCC(c5ccc(F)cc5)CC4)c(F)c3)cc2[nH]1)[C@@H](C)OC. The molecule has 78 heavy (non-hydrogen) atoms. The van der Waals surface area contributed by atoms with Crippen LogP contribution in [0, 0.1) is 29.1 Å². The molecule has 0 radical (unpaired) electrons. The molecular formula is C56H61F5N10O7. The van der Waals surface area contributed by atoms with E-state index in [-0.39, 0.29) is 58.1 Å². The monoisotopic (exact) mass is 1080 g/mol. The Morgan fingerprint density at radius 1 is 0.667 bits per heavy atom. The number of rotatable bonds is 15. The van der Waals surface area contributed by atoms with Crippen LogP contribution >= 0.6 is 0 Å². The maximum absolute atomic E-state index is 17.0. The number of methoxy groups -OCH3 is 3. The summed E-state index contributed by atoms with van der Waals surface area (Å²) in [7, 11) is 4.02. The third-order valence-corrected chi connectivity index (χ3v) is 16.3. The number of nitrogens with one attached hydrogen (secondary N) is 3. The van der Waals surface area contributed by atoms with Crippen LogP contribution in [-0.4, -0.2) is 126 Å². The molecule has 6 heterocycles. The molecule has 6 aromatic rings. The number of anilines is 2. The van der Waals surface area contributed by atoms with Crippen molar-refractivity contribution in [2.75, 3.05) is 57.3 Å². The zero-order valence-corrected chi connectivity index (χ0v) is 43.8. The second-order valence-electron chi connectivity index (χ2n) is 20.7. The summed E-state index contributed by atoms with van der Waals surface area (Å²) in [5.41, 5.74) is 2.46. The fourth-order valence-electron chi connectivity index (χ4n) is 12.1. The Bertz CT molecular complexity index is 3250. The smallest absolute Gasteiger partial charge is 0.407 e. The number of likely N-dealkylation sites (tertiary alicyclic amines) is 2. The van der Waals surface area contributed by atoms with Crippen molar-refractivity contribution >= 4 is 57.4 Å².